The number of amides is 1. The summed E-state index contributed by atoms with van der Waals surface area (Å²) in [6.07, 6.45) is 0. The van der Waals surface area contributed by atoms with E-state index in [9.17, 15) is 4.79 Å². The number of nitrogens with one attached hydrogen (secondary N) is 1. The number of carbonyl (C=O) groups is 1. The molecule has 0 spiro atoms. The Morgan fingerprint density at radius 1 is 1.30 bits per heavy atom. The van der Waals surface area contributed by atoms with Gasteiger partial charge in [-0.1, -0.05) is 0 Å². The first-order valence-corrected chi connectivity index (χ1v) is 6.38. The minimum absolute atomic E-state index is 0. The summed E-state index contributed by atoms with van der Waals surface area (Å²) in [5.74, 6) is -0.236. The Morgan fingerprint density at radius 3 is 2.55 bits per heavy atom. The van der Waals surface area contributed by atoms with Gasteiger partial charge in [0.25, 0.3) is 5.91 Å². The molecule has 0 aliphatic carbocycles. The van der Waals surface area contributed by atoms with Gasteiger partial charge in [-0.2, -0.15) is 0 Å². The van der Waals surface area contributed by atoms with Gasteiger partial charge in [-0.25, -0.2) is 4.98 Å². The lowest BCUT2D eigenvalue weighted by atomic mass is 10.2. The van der Waals surface area contributed by atoms with Crippen molar-refractivity contribution >= 4 is 47.7 Å². The first kappa shape index (κ1) is 18.8. The number of hydrogen-bond acceptors (Lipinski definition) is 5. The molecule has 0 fully saturated rings. The standard InChI is InChI=1S/C12H14N4OS.2ClH/c1-7-3-4-9(8(2)14-7)16-12(17)10-6-18-11(5-13)15-10;;/h3-4,6H,5,13H2,1-2H3,(H,16,17);2*1H. The molecule has 0 aliphatic rings. The van der Waals surface area contributed by atoms with Crippen LogP contribution in [0.15, 0.2) is 17.5 Å². The molecule has 5 nitrogen and oxygen atoms in total. The molecule has 2 rings (SSSR count). The Morgan fingerprint density at radius 2 is 2.00 bits per heavy atom. The zero-order valence-electron chi connectivity index (χ0n) is 11.0. The molecule has 0 atom stereocenters. The summed E-state index contributed by atoms with van der Waals surface area (Å²) >= 11 is 1.38. The first-order valence-electron chi connectivity index (χ1n) is 5.50. The van der Waals surface area contributed by atoms with Gasteiger partial charge in [0.1, 0.15) is 10.7 Å². The number of nitrogens with two attached hydrogens (primary N) is 1. The number of pyridine rings is 1. The van der Waals surface area contributed by atoms with E-state index in [0.717, 1.165) is 16.4 Å². The number of nitrogens with zero attached hydrogens (tertiary/aromatic N) is 2. The number of carbonyl (C=O) groups excluding carboxylic acids is 1. The molecule has 20 heavy (non-hydrogen) atoms. The number of thiazole rings is 1. The largest absolute Gasteiger partial charge is 0.325 e. The molecule has 0 aliphatic heterocycles. The number of aryl methyl sites for hydroxylation is 2. The van der Waals surface area contributed by atoms with Crippen molar-refractivity contribution in [2.75, 3.05) is 5.32 Å². The fourth-order valence-electron chi connectivity index (χ4n) is 1.51. The van der Waals surface area contributed by atoms with E-state index < -0.39 is 0 Å². The van der Waals surface area contributed by atoms with Crippen molar-refractivity contribution in [3.63, 3.8) is 0 Å². The van der Waals surface area contributed by atoms with Gasteiger partial charge in [-0.15, -0.1) is 36.2 Å². The molecule has 0 saturated carbocycles. The van der Waals surface area contributed by atoms with E-state index in [1.54, 1.807) is 5.38 Å². The molecule has 8 heteroatoms. The van der Waals surface area contributed by atoms with Crippen LogP contribution in [0.5, 0.6) is 0 Å². The molecule has 1 amide bonds. The molecule has 2 heterocycles. The van der Waals surface area contributed by atoms with Crippen molar-refractivity contribution < 1.29 is 4.79 Å². The van der Waals surface area contributed by atoms with Crippen LogP contribution >= 0.6 is 36.2 Å². The Bertz CT molecular complexity index is 589. The van der Waals surface area contributed by atoms with Gasteiger partial charge in [0.05, 0.1) is 11.4 Å². The van der Waals surface area contributed by atoms with Gasteiger partial charge in [-0.05, 0) is 26.0 Å². The summed E-state index contributed by atoms with van der Waals surface area (Å²) in [5, 5.41) is 5.24. The van der Waals surface area contributed by atoms with E-state index in [1.165, 1.54) is 11.3 Å². The van der Waals surface area contributed by atoms with Gasteiger partial charge in [0, 0.05) is 17.6 Å². The van der Waals surface area contributed by atoms with Crippen LogP contribution in [0.25, 0.3) is 0 Å². The van der Waals surface area contributed by atoms with Crippen molar-refractivity contribution in [3.8, 4) is 0 Å². The molecule has 3 N–H and O–H groups in total. The molecule has 0 saturated heterocycles. The zero-order valence-corrected chi connectivity index (χ0v) is 13.5. The van der Waals surface area contributed by atoms with Crippen LogP contribution in [0, 0.1) is 13.8 Å². The normalized spacial score (nSPS) is 9.35. The average Bonchev–Trinajstić information content (AvgIpc) is 2.81. The van der Waals surface area contributed by atoms with Crippen molar-refractivity contribution in [2.45, 2.75) is 20.4 Å². The summed E-state index contributed by atoms with van der Waals surface area (Å²) in [6, 6.07) is 3.70. The van der Waals surface area contributed by atoms with Gasteiger partial charge in [0.15, 0.2) is 0 Å². The van der Waals surface area contributed by atoms with Crippen LogP contribution in [-0.2, 0) is 6.54 Å². The predicted molar refractivity (Wildman–Crippen MR) is 86.2 cm³/mol. The summed E-state index contributed by atoms with van der Waals surface area (Å²) < 4.78 is 0. The van der Waals surface area contributed by atoms with E-state index in [2.05, 4.69) is 15.3 Å². The van der Waals surface area contributed by atoms with E-state index in [1.807, 2.05) is 26.0 Å². The Hall–Kier alpha value is -1.21. The van der Waals surface area contributed by atoms with E-state index >= 15 is 0 Å². The van der Waals surface area contributed by atoms with Crippen molar-refractivity contribution in [3.05, 3.63) is 39.6 Å². The first-order chi connectivity index (χ1) is 8.60. The third-order valence-corrected chi connectivity index (χ3v) is 3.30. The predicted octanol–water partition coefficient (Wildman–Crippen LogP) is 2.71. The van der Waals surface area contributed by atoms with Crippen LogP contribution < -0.4 is 11.1 Å². The summed E-state index contributed by atoms with van der Waals surface area (Å²) in [7, 11) is 0. The second kappa shape index (κ2) is 8.16. The molecule has 110 valence electrons. The SMILES string of the molecule is Cc1ccc(NC(=O)c2csc(CN)n2)c(C)n1.Cl.Cl. The van der Waals surface area contributed by atoms with Gasteiger partial charge < -0.3 is 11.1 Å². The molecule has 2 aromatic heterocycles. The molecule has 0 bridgehead atoms. The Labute approximate surface area is 133 Å². The quantitative estimate of drug-likeness (QED) is 0.904. The average molecular weight is 335 g/mol. The molecule has 0 radical (unpaired) electrons. The molecular formula is C12H16Cl2N4OS. The highest BCUT2D eigenvalue weighted by molar-refractivity contribution is 7.09. The zero-order chi connectivity index (χ0) is 13.1. The maximum atomic E-state index is 11.9. The van der Waals surface area contributed by atoms with Crippen LogP contribution in [0.4, 0.5) is 5.69 Å². The summed E-state index contributed by atoms with van der Waals surface area (Å²) in [4.78, 5) is 20.4. The Balaban J connectivity index is 0.00000180. The summed E-state index contributed by atoms with van der Waals surface area (Å²) in [5.41, 5.74) is 8.26. The van der Waals surface area contributed by atoms with Gasteiger partial charge in [-0.3, -0.25) is 9.78 Å². The molecule has 0 unspecified atom stereocenters. The van der Waals surface area contributed by atoms with Crippen molar-refractivity contribution in [1.29, 1.82) is 0 Å². The molecule has 0 aromatic carbocycles. The fourth-order valence-corrected chi connectivity index (χ4v) is 2.17. The highest BCUT2D eigenvalue weighted by atomic mass is 35.5. The van der Waals surface area contributed by atoms with Crippen LogP contribution in [0.1, 0.15) is 26.9 Å². The monoisotopic (exact) mass is 334 g/mol. The number of anilines is 1. The fraction of sp³-hybridized carbons (Fsp3) is 0.250. The lowest BCUT2D eigenvalue weighted by Crippen LogP contribution is -2.14. The number of rotatable bonds is 3. The molecule has 2 aromatic rings. The second-order valence-corrected chi connectivity index (χ2v) is 4.81. The minimum Gasteiger partial charge on any atom is -0.325 e. The third kappa shape index (κ3) is 4.42. The van der Waals surface area contributed by atoms with Gasteiger partial charge >= 0.3 is 0 Å². The molecular weight excluding hydrogens is 319 g/mol. The van der Waals surface area contributed by atoms with E-state index in [-0.39, 0.29) is 30.7 Å². The van der Waals surface area contributed by atoms with Gasteiger partial charge in [0.2, 0.25) is 0 Å². The number of hydrogen-bond donors (Lipinski definition) is 2. The van der Waals surface area contributed by atoms with Crippen LogP contribution in [0.3, 0.4) is 0 Å². The number of aromatic nitrogens is 2. The maximum Gasteiger partial charge on any atom is 0.275 e. The lowest BCUT2D eigenvalue weighted by Gasteiger charge is -2.06. The van der Waals surface area contributed by atoms with Crippen LogP contribution in [0.2, 0.25) is 0 Å². The summed E-state index contributed by atoms with van der Waals surface area (Å²) in [6.45, 7) is 4.12. The highest BCUT2D eigenvalue weighted by Gasteiger charge is 2.11. The van der Waals surface area contributed by atoms with E-state index in [0.29, 0.717) is 17.9 Å². The smallest absolute Gasteiger partial charge is 0.275 e. The van der Waals surface area contributed by atoms with E-state index in [4.69, 9.17) is 5.73 Å². The van der Waals surface area contributed by atoms with Crippen molar-refractivity contribution in [2.24, 2.45) is 5.73 Å². The van der Waals surface area contributed by atoms with Crippen molar-refractivity contribution in [1.82, 2.24) is 9.97 Å². The lowest BCUT2D eigenvalue weighted by molar-refractivity contribution is 0.102. The second-order valence-electron chi connectivity index (χ2n) is 3.87. The highest BCUT2D eigenvalue weighted by Crippen LogP contribution is 2.15. The van der Waals surface area contributed by atoms with Crippen LogP contribution in [-0.4, -0.2) is 15.9 Å². The minimum atomic E-state index is -0.236. The topological polar surface area (TPSA) is 80.9 Å². The maximum absolute atomic E-state index is 11.9. The number of halogens is 2. The Kier molecular flexibility index (Phi) is 7.67. The third-order valence-electron chi connectivity index (χ3n) is 2.43.